The molecule has 0 aliphatic heterocycles. The van der Waals surface area contributed by atoms with Crippen LogP contribution in [0.3, 0.4) is 0 Å². The molecule has 11 nitrogen and oxygen atoms in total. The molecule has 3 rings (SSSR count). The number of aliphatic hydroxyl groups is 3. The summed E-state index contributed by atoms with van der Waals surface area (Å²) in [6, 6.07) is 9.04. The van der Waals surface area contributed by atoms with Gasteiger partial charge in [-0.15, -0.1) is 0 Å². The summed E-state index contributed by atoms with van der Waals surface area (Å²) in [4.78, 5) is 50.1. The molecule has 0 saturated heterocycles. The van der Waals surface area contributed by atoms with Gasteiger partial charge in [-0.3, -0.25) is 14.4 Å². The Labute approximate surface area is 269 Å². The summed E-state index contributed by atoms with van der Waals surface area (Å²) < 4.78 is 22.8. The van der Waals surface area contributed by atoms with Crippen LogP contribution in [0.5, 0.6) is 0 Å². The second-order valence-corrected chi connectivity index (χ2v) is 12.2. The number of carbonyl (C=O) groups is 4. The van der Waals surface area contributed by atoms with Gasteiger partial charge in [0.15, 0.2) is 11.9 Å². The van der Waals surface area contributed by atoms with Crippen molar-refractivity contribution in [1.29, 1.82) is 0 Å². The standard InChI is InChI=1S/C35H44O11/c1-19-27(40)17-30(46-31(42)14-13-24-11-9-8-10-12-24)25(18-36)15-28(41)26-16-29(43-21(3)37)20(2)32(35(26,6)7)34(45-23(5)39)33(19)44-22(4)38/h8-15,26-30,34,36,40-41H,16-18H2,1-7H3/b14-13+,25-15+,33-19+/t26-,27+,28-,29-,30-,34+/m1/s1. The number of fused-ring (bicyclic) bond motifs is 2. The molecule has 3 N–H and O–H groups in total. The van der Waals surface area contributed by atoms with E-state index in [1.165, 1.54) is 32.9 Å². The molecule has 0 unspecified atom stereocenters. The second-order valence-electron chi connectivity index (χ2n) is 12.2. The third-order valence-electron chi connectivity index (χ3n) is 8.53. The Morgan fingerprint density at radius 1 is 0.870 bits per heavy atom. The van der Waals surface area contributed by atoms with Crippen LogP contribution in [0.25, 0.3) is 6.08 Å². The van der Waals surface area contributed by atoms with Crippen molar-refractivity contribution in [3.8, 4) is 0 Å². The molecule has 0 amide bonds. The molecule has 6 atom stereocenters. The molecule has 0 saturated carbocycles. The van der Waals surface area contributed by atoms with Crippen LogP contribution in [0, 0.1) is 11.3 Å². The predicted octanol–water partition coefficient (Wildman–Crippen LogP) is 3.72. The fourth-order valence-electron chi connectivity index (χ4n) is 6.26. The first-order chi connectivity index (χ1) is 21.6. The SMILES string of the molecule is CC(=O)O/C1=C(\C)[C@@H](O)C[C@@H](OC(=O)/C=C/c2ccccc2)/C(CO)=C/[C@@H](O)[C@H]2C[C@@H](OC(C)=O)C(C)=C([C@@H]1OC(C)=O)C2(C)C. The van der Waals surface area contributed by atoms with Crippen LogP contribution in [0.4, 0.5) is 0 Å². The Morgan fingerprint density at radius 3 is 2.07 bits per heavy atom. The first kappa shape index (κ1) is 36.4. The number of ether oxygens (including phenoxy) is 4. The summed E-state index contributed by atoms with van der Waals surface area (Å²) in [6.07, 6.45) is -2.17. The lowest BCUT2D eigenvalue weighted by Crippen LogP contribution is -2.48. The predicted molar refractivity (Wildman–Crippen MR) is 167 cm³/mol. The van der Waals surface area contributed by atoms with Crippen molar-refractivity contribution in [2.75, 3.05) is 6.61 Å². The number of aliphatic hydroxyl groups excluding tert-OH is 3. The van der Waals surface area contributed by atoms with Gasteiger partial charge < -0.3 is 34.3 Å². The van der Waals surface area contributed by atoms with Gasteiger partial charge in [0.25, 0.3) is 0 Å². The Bertz CT molecular complexity index is 1430. The summed E-state index contributed by atoms with van der Waals surface area (Å²) in [5.41, 5.74) is 0.914. The Kier molecular flexibility index (Phi) is 12.3. The third-order valence-corrected chi connectivity index (χ3v) is 8.53. The van der Waals surface area contributed by atoms with Gasteiger partial charge >= 0.3 is 23.9 Å². The van der Waals surface area contributed by atoms with Gasteiger partial charge in [-0.1, -0.05) is 50.3 Å². The highest BCUT2D eigenvalue weighted by Gasteiger charge is 2.50. The molecule has 0 spiro atoms. The van der Waals surface area contributed by atoms with Gasteiger partial charge in [0, 0.05) is 39.2 Å². The van der Waals surface area contributed by atoms with Gasteiger partial charge in [0.1, 0.15) is 12.2 Å². The van der Waals surface area contributed by atoms with Gasteiger partial charge in [-0.2, -0.15) is 0 Å². The van der Waals surface area contributed by atoms with Gasteiger partial charge in [0.2, 0.25) is 0 Å². The van der Waals surface area contributed by atoms with Gasteiger partial charge in [0.05, 0.1) is 18.8 Å². The number of hydrogen-bond donors (Lipinski definition) is 3. The van der Waals surface area contributed by atoms with Crippen LogP contribution >= 0.6 is 0 Å². The molecule has 2 bridgehead atoms. The summed E-state index contributed by atoms with van der Waals surface area (Å²) in [6.45, 7) is 9.78. The smallest absolute Gasteiger partial charge is 0.331 e. The van der Waals surface area contributed by atoms with Crippen molar-refractivity contribution in [3.05, 3.63) is 76.1 Å². The molecular weight excluding hydrogens is 596 g/mol. The summed E-state index contributed by atoms with van der Waals surface area (Å²) in [5, 5.41) is 33.7. The van der Waals surface area contributed by atoms with Crippen molar-refractivity contribution in [1.82, 2.24) is 0 Å². The normalized spacial score (nSPS) is 29.5. The molecule has 11 heteroatoms. The third kappa shape index (κ3) is 8.80. The highest BCUT2D eigenvalue weighted by Crippen LogP contribution is 2.51. The van der Waals surface area contributed by atoms with E-state index < -0.39 is 72.3 Å². The van der Waals surface area contributed by atoms with Crippen LogP contribution in [0.1, 0.15) is 66.9 Å². The van der Waals surface area contributed by atoms with E-state index in [4.69, 9.17) is 18.9 Å². The molecule has 46 heavy (non-hydrogen) atoms. The Morgan fingerprint density at radius 2 is 1.50 bits per heavy atom. The number of rotatable bonds is 7. The van der Waals surface area contributed by atoms with E-state index >= 15 is 0 Å². The minimum Gasteiger partial charge on any atom is -0.458 e. The molecule has 0 fully saturated rings. The highest BCUT2D eigenvalue weighted by molar-refractivity contribution is 5.87. The molecule has 0 aromatic heterocycles. The maximum atomic E-state index is 13.0. The highest BCUT2D eigenvalue weighted by atomic mass is 16.6. The zero-order chi connectivity index (χ0) is 34.3. The minimum absolute atomic E-state index is 0.1000. The van der Waals surface area contributed by atoms with Crippen molar-refractivity contribution in [2.24, 2.45) is 11.3 Å². The number of benzene rings is 1. The van der Waals surface area contributed by atoms with Crippen molar-refractivity contribution >= 4 is 30.0 Å². The fourth-order valence-corrected chi connectivity index (χ4v) is 6.26. The molecule has 2 aliphatic rings. The van der Waals surface area contributed by atoms with Crippen LogP contribution < -0.4 is 0 Å². The number of hydrogen-bond acceptors (Lipinski definition) is 11. The Balaban J connectivity index is 2.27. The van der Waals surface area contributed by atoms with Gasteiger partial charge in [-0.25, -0.2) is 4.79 Å². The van der Waals surface area contributed by atoms with E-state index in [9.17, 15) is 34.5 Å². The van der Waals surface area contributed by atoms with E-state index in [0.29, 0.717) is 11.1 Å². The van der Waals surface area contributed by atoms with E-state index in [2.05, 4.69) is 0 Å². The van der Waals surface area contributed by atoms with Crippen LogP contribution in [0.2, 0.25) is 0 Å². The van der Waals surface area contributed by atoms with Crippen molar-refractivity contribution < 1.29 is 53.4 Å². The fraction of sp³-hybridized carbons (Fsp3) is 0.486. The molecule has 250 valence electrons. The van der Waals surface area contributed by atoms with E-state index in [0.717, 1.165) is 12.5 Å². The first-order valence-electron chi connectivity index (χ1n) is 15.1. The monoisotopic (exact) mass is 640 g/mol. The van der Waals surface area contributed by atoms with E-state index in [1.807, 2.05) is 32.0 Å². The molecule has 2 aliphatic carbocycles. The zero-order valence-electron chi connectivity index (χ0n) is 27.3. The van der Waals surface area contributed by atoms with Crippen molar-refractivity contribution in [2.45, 2.75) is 91.8 Å². The number of carbonyl (C=O) groups excluding carboxylic acids is 4. The van der Waals surface area contributed by atoms with E-state index in [-0.39, 0.29) is 29.7 Å². The van der Waals surface area contributed by atoms with Crippen LogP contribution in [0.15, 0.2) is 70.5 Å². The van der Waals surface area contributed by atoms with E-state index in [1.54, 1.807) is 25.1 Å². The molecule has 1 aromatic carbocycles. The topological polar surface area (TPSA) is 166 Å². The first-order valence-corrected chi connectivity index (χ1v) is 15.1. The maximum Gasteiger partial charge on any atom is 0.331 e. The molecular formula is C35H44O11. The molecule has 0 radical (unpaired) electrons. The average molecular weight is 641 g/mol. The van der Waals surface area contributed by atoms with Crippen LogP contribution in [-0.2, 0) is 38.1 Å². The van der Waals surface area contributed by atoms with Crippen molar-refractivity contribution in [3.63, 3.8) is 0 Å². The zero-order valence-corrected chi connectivity index (χ0v) is 27.3. The minimum atomic E-state index is -1.44. The Hall–Kier alpha value is -4.06. The lowest BCUT2D eigenvalue weighted by atomic mass is 9.60. The quantitative estimate of drug-likeness (QED) is 0.172. The average Bonchev–Trinajstić information content (AvgIpc) is 2.97. The molecule has 0 heterocycles. The largest absolute Gasteiger partial charge is 0.458 e. The summed E-state index contributed by atoms with van der Waals surface area (Å²) >= 11 is 0. The van der Waals surface area contributed by atoms with Crippen LogP contribution in [-0.4, -0.2) is 76.3 Å². The lowest BCUT2D eigenvalue weighted by Gasteiger charge is -2.48. The lowest BCUT2D eigenvalue weighted by molar-refractivity contribution is -0.152. The summed E-state index contributed by atoms with van der Waals surface area (Å²) in [5.74, 6) is -3.69. The number of esters is 4. The van der Waals surface area contributed by atoms with Gasteiger partial charge in [-0.05, 0) is 59.6 Å². The second kappa shape index (κ2) is 15.5. The summed E-state index contributed by atoms with van der Waals surface area (Å²) in [7, 11) is 0. The maximum absolute atomic E-state index is 13.0. The molecule has 1 aromatic rings.